The van der Waals surface area contributed by atoms with Gasteiger partial charge in [-0.15, -0.1) is 0 Å². The molecule has 0 aromatic rings. The van der Waals surface area contributed by atoms with Gasteiger partial charge in [0.05, 0.1) is 26.4 Å². The summed E-state index contributed by atoms with van der Waals surface area (Å²) >= 11 is -0.181. The average molecular weight is 336 g/mol. The van der Waals surface area contributed by atoms with Gasteiger partial charge in [0, 0.05) is 50.1 Å². The normalized spacial score (nSPS) is 24.0. The Hall–Kier alpha value is 0.260. The zero-order valence-electron chi connectivity index (χ0n) is 10.7. The third kappa shape index (κ3) is 4.38. The monoisotopic (exact) mass is 336 g/mol. The van der Waals surface area contributed by atoms with Crippen LogP contribution in [0.5, 0.6) is 0 Å². The molecule has 2 rings (SSSR count). The van der Waals surface area contributed by atoms with Crippen molar-refractivity contribution >= 4 is 23.9 Å². The van der Waals surface area contributed by atoms with Crippen molar-refractivity contribution in [1.29, 1.82) is 0 Å². The predicted octanol–water partition coefficient (Wildman–Crippen LogP) is 2.13. The first-order chi connectivity index (χ1) is 9.41. The lowest BCUT2D eigenvalue weighted by Crippen LogP contribution is -2.44. The zero-order chi connectivity index (χ0) is 14.6. The smallest absolute Gasteiger partial charge is 0.379 e. The lowest BCUT2D eigenvalue weighted by atomic mass is 10.5. The molecule has 0 radical (unpaired) electrons. The standard InChI is InChI=1S/C10H16F4N2O2S2/c11-9(12,19-15-1-5-17-6-2-15)10(13,14)20-16-3-7-18-8-4-16/h1-8H2. The summed E-state index contributed by atoms with van der Waals surface area (Å²) in [7, 11) is 0. The molecule has 0 saturated carbocycles. The fourth-order valence-electron chi connectivity index (χ4n) is 1.71. The van der Waals surface area contributed by atoms with E-state index in [1.54, 1.807) is 0 Å². The van der Waals surface area contributed by atoms with Crippen molar-refractivity contribution in [2.75, 3.05) is 52.6 Å². The molecule has 118 valence electrons. The van der Waals surface area contributed by atoms with E-state index >= 15 is 0 Å². The maximum absolute atomic E-state index is 13.8. The van der Waals surface area contributed by atoms with E-state index in [2.05, 4.69) is 0 Å². The van der Waals surface area contributed by atoms with Crippen LogP contribution in [0.4, 0.5) is 17.6 Å². The first-order valence-corrected chi connectivity index (χ1v) is 7.75. The van der Waals surface area contributed by atoms with Gasteiger partial charge in [-0.1, -0.05) is 0 Å². The third-order valence-electron chi connectivity index (χ3n) is 2.77. The van der Waals surface area contributed by atoms with Crippen molar-refractivity contribution in [2.24, 2.45) is 0 Å². The second-order valence-corrected chi connectivity index (χ2v) is 6.72. The van der Waals surface area contributed by atoms with Crippen LogP contribution in [0.25, 0.3) is 0 Å². The van der Waals surface area contributed by atoms with Crippen LogP contribution in [0.3, 0.4) is 0 Å². The van der Waals surface area contributed by atoms with Crippen LogP contribution in [0.15, 0.2) is 0 Å². The van der Waals surface area contributed by atoms with Crippen LogP contribution in [0.1, 0.15) is 0 Å². The summed E-state index contributed by atoms with van der Waals surface area (Å²) in [5, 5.41) is -8.32. The summed E-state index contributed by atoms with van der Waals surface area (Å²) < 4.78 is 67.7. The molecule has 0 bridgehead atoms. The lowest BCUT2D eigenvalue weighted by Gasteiger charge is -2.35. The highest BCUT2D eigenvalue weighted by Crippen LogP contribution is 2.51. The van der Waals surface area contributed by atoms with Gasteiger partial charge < -0.3 is 9.47 Å². The van der Waals surface area contributed by atoms with Gasteiger partial charge in [0.15, 0.2) is 0 Å². The summed E-state index contributed by atoms with van der Waals surface area (Å²) in [6.07, 6.45) is 0. The van der Waals surface area contributed by atoms with Crippen LogP contribution in [-0.4, -0.2) is 71.7 Å². The number of halogens is 4. The van der Waals surface area contributed by atoms with E-state index < -0.39 is 10.5 Å². The van der Waals surface area contributed by atoms with Gasteiger partial charge in [-0.3, -0.25) is 0 Å². The Morgan fingerprint density at radius 1 is 0.650 bits per heavy atom. The number of nitrogens with zero attached hydrogens (tertiary/aromatic N) is 2. The number of hydrogen-bond donors (Lipinski definition) is 0. The van der Waals surface area contributed by atoms with E-state index in [0.717, 1.165) is 0 Å². The van der Waals surface area contributed by atoms with Crippen molar-refractivity contribution in [3.05, 3.63) is 0 Å². The van der Waals surface area contributed by atoms with Crippen molar-refractivity contribution in [2.45, 2.75) is 10.5 Å². The maximum atomic E-state index is 13.8. The fraction of sp³-hybridized carbons (Fsp3) is 1.00. The second-order valence-electron chi connectivity index (χ2n) is 4.30. The molecule has 0 N–H and O–H groups in total. The molecule has 20 heavy (non-hydrogen) atoms. The Balaban J connectivity index is 1.90. The molecular formula is C10H16F4N2O2S2. The molecule has 10 heteroatoms. The quantitative estimate of drug-likeness (QED) is 0.563. The summed E-state index contributed by atoms with van der Waals surface area (Å²) in [5.74, 6) is 0. The molecule has 0 atom stereocenters. The zero-order valence-corrected chi connectivity index (χ0v) is 12.3. The Labute approximate surface area is 123 Å². The highest BCUT2D eigenvalue weighted by molar-refractivity contribution is 8.02. The summed E-state index contributed by atoms with van der Waals surface area (Å²) in [4.78, 5) is 0. The maximum Gasteiger partial charge on any atom is 0.380 e. The van der Waals surface area contributed by atoms with E-state index in [0.29, 0.717) is 0 Å². The highest BCUT2D eigenvalue weighted by Gasteiger charge is 2.60. The van der Waals surface area contributed by atoms with Crippen molar-refractivity contribution < 1.29 is 27.0 Å². The van der Waals surface area contributed by atoms with Crippen LogP contribution >= 0.6 is 23.9 Å². The van der Waals surface area contributed by atoms with E-state index in [9.17, 15) is 17.6 Å². The number of alkyl halides is 4. The van der Waals surface area contributed by atoms with Gasteiger partial charge in [-0.05, 0) is 0 Å². The van der Waals surface area contributed by atoms with Crippen LogP contribution in [-0.2, 0) is 9.47 Å². The number of rotatable bonds is 5. The molecular weight excluding hydrogens is 320 g/mol. The van der Waals surface area contributed by atoms with Crippen molar-refractivity contribution in [1.82, 2.24) is 8.61 Å². The Bertz CT molecular complexity index is 284. The summed E-state index contributed by atoms with van der Waals surface area (Å²) in [6, 6.07) is 0. The Kier molecular flexibility index (Phi) is 5.83. The van der Waals surface area contributed by atoms with Gasteiger partial charge >= 0.3 is 10.5 Å². The molecule has 4 nitrogen and oxygen atoms in total. The molecule has 2 heterocycles. The van der Waals surface area contributed by atoms with Gasteiger partial charge in [0.25, 0.3) is 0 Å². The first kappa shape index (κ1) is 16.6. The lowest BCUT2D eigenvalue weighted by molar-refractivity contribution is -0.0892. The number of hydrogen-bond acceptors (Lipinski definition) is 6. The largest absolute Gasteiger partial charge is 0.380 e. The van der Waals surface area contributed by atoms with Crippen LogP contribution < -0.4 is 0 Å². The topological polar surface area (TPSA) is 24.9 Å². The average Bonchev–Trinajstić information content (AvgIpc) is 2.40. The Morgan fingerprint density at radius 2 is 0.950 bits per heavy atom. The second kappa shape index (κ2) is 7.01. The van der Waals surface area contributed by atoms with Crippen LogP contribution in [0, 0.1) is 0 Å². The summed E-state index contributed by atoms with van der Waals surface area (Å²) in [6.45, 7) is 2.02. The van der Waals surface area contributed by atoms with E-state index in [-0.39, 0.29) is 76.5 Å². The van der Waals surface area contributed by atoms with E-state index in [1.807, 2.05) is 0 Å². The van der Waals surface area contributed by atoms with Gasteiger partial charge in [-0.25, -0.2) is 8.61 Å². The number of ether oxygens (including phenoxy) is 2. The molecule has 0 spiro atoms. The van der Waals surface area contributed by atoms with Crippen molar-refractivity contribution in [3.8, 4) is 0 Å². The fourth-order valence-corrected chi connectivity index (χ4v) is 3.45. The first-order valence-electron chi connectivity index (χ1n) is 6.20. The molecule has 2 aliphatic rings. The van der Waals surface area contributed by atoms with Gasteiger partial charge in [0.1, 0.15) is 0 Å². The SMILES string of the molecule is FC(F)(SN1CCOCC1)C(F)(F)SN1CCOCC1. The summed E-state index contributed by atoms with van der Waals surface area (Å²) in [5.41, 5.74) is 0. The minimum atomic E-state index is -4.16. The predicted molar refractivity (Wildman–Crippen MR) is 69.9 cm³/mol. The minimum Gasteiger partial charge on any atom is -0.379 e. The molecule has 0 amide bonds. The molecule has 0 unspecified atom stereocenters. The molecule has 0 aliphatic carbocycles. The van der Waals surface area contributed by atoms with E-state index in [1.165, 1.54) is 8.61 Å². The Morgan fingerprint density at radius 3 is 1.25 bits per heavy atom. The molecule has 2 fully saturated rings. The minimum absolute atomic E-state index is 0.0904. The van der Waals surface area contributed by atoms with Gasteiger partial charge in [-0.2, -0.15) is 17.6 Å². The van der Waals surface area contributed by atoms with Crippen LogP contribution in [0.2, 0.25) is 0 Å². The van der Waals surface area contributed by atoms with Gasteiger partial charge in [0.2, 0.25) is 0 Å². The van der Waals surface area contributed by atoms with E-state index in [4.69, 9.17) is 9.47 Å². The number of morpholine rings is 2. The van der Waals surface area contributed by atoms with Crippen molar-refractivity contribution in [3.63, 3.8) is 0 Å². The molecule has 2 saturated heterocycles. The molecule has 0 aromatic heterocycles. The highest BCUT2D eigenvalue weighted by atomic mass is 32.2. The molecule has 0 aromatic carbocycles. The molecule has 2 aliphatic heterocycles. The third-order valence-corrected chi connectivity index (χ3v) is 5.11.